The first-order valence-electron chi connectivity index (χ1n) is 20.6. The summed E-state index contributed by atoms with van der Waals surface area (Å²) in [6.07, 6.45) is 27.5. The van der Waals surface area contributed by atoms with Gasteiger partial charge in [-0.1, -0.05) is 177 Å². The van der Waals surface area contributed by atoms with Crippen LogP contribution >= 0.6 is 0 Å². The van der Waals surface area contributed by atoms with Crippen LogP contribution in [-0.2, 0) is 12.3 Å². The summed E-state index contributed by atoms with van der Waals surface area (Å²) >= 11 is 0. The molecule has 0 saturated heterocycles. The second-order valence-electron chi connectivity index (χ2n) is 15.7. The van der Waals surface area contributed by atoms with E-state index in [2.05, 4.69) is 68.1 Å². The third kappa shape index (κ3) is 22.2. The molecule has 0 radical (unpaired) electrons. The molecular formula is C38H86O3Si4. The third-order valence-electron chi connectivity index (χ3n) is 9.71. The largest absolute Gasteiger partial charge is 0.469 e. The Hall–Kier alpha value is 0.748. The van der Waals surface area contributed by atoms with Crippen molar-refractivity contribution in [3.8, 4) is 0 Å². The summed E-state index contributed by atoms with van der Waals surface area (Å²) in [5.41, 5.74) is 0. The van der Waals surface area contributed by atoms with Crippen LogP contribution in [0.3, 0.4) is 0 Å². The molecule has 0 aromatic heterocycles. The van der Waals surface area contributed by atoms with Crippen molar-refractivity contribution < 1.29 is 12.3 Å². The molecule has 0 aromatic carbocycles. The molecule has 0 amide bonds. The van der Waals surface area contributed by atoms with Crippen LogP contribution in [0.1, 0.15) is 183 Å². The van der Waals surface area contributed by atoms with Crippen molar-refractivity contribution in [3.05, 3.63) is 0 Å². The van der Waals surface area contributed by atoms with E-state index in [9.17, 15) is 0 Å². The van der Waals surface area contributed by atoms with Crippen molar-refractivity contribution >= 4 is 33.8 Å². The fourth-order valence-corrected chi connectivity index (χ4v) is 29.0. The Morgan fingerprint density at radius 1 is 0.289 bits per heavy atom. The predicted octanol–water partition coefficient (Wildman–Crippen LogP) is 15.0. The minimum absolute atomic E-state index is 1.07. The van der Waals surface area contributed by atoms with Gasteiger partial charge in [-0.25, -0.2) is 0 Å². The van der Waals surface area contributed by atoms with Crippen LogP contribution in [0.4, 0.5) is 0 Å². The normalized spacial score (nSPS) is 13.2. The Labute approximate surface area is 290 Å². The number of unbranched alkanes of at least 4 members (excludes halogenated alkanes) is 14. The summed E-state index contributed by atoms with van der Waals surface area (Å²) in [5.74, 6) is 0. The highest BCUT2D eigenvalue weighted by Crippen LogP contribution is 2.41. The molecule has 0 aliphatic heterocycles. The van der Waals surface area contributed by atoms with Crippen LogP contribution in [-0.4, -0.2) is 33.8 Å². The molecule has 0 spiro atoms. The van der Waals surface area contributed by atoms with E-state index >= 15 is 0 Å². The molecule has 0 N–H and O–H groups in total. The molecule has 0 aliphatic rings. The summed E-state index contributed by atoms with van der Waals surface area (Å²) in [7, 11) is -8.96. The first-order valence-corrected chi connectivity index (χ1v) is 31.0. The van der Waals surface area contributed by atoms with Gasteiger partial charge >= 0.3 is 8.80 Å². The van der Waals surface area contributed by atoms with E-state index in [0.717, 1.165) is 6.04 Å². The quantitative estimate of drug-likeness (QED) is 0.0493. The van der Waals surface area contributed by atoms with Crippen LogP contribution in [0.25, 0.3) is 0 Å². The Kier molecular flexibility index (Phi) is 28.0. The number of rotatable bonds is 34. The summed E-state index contributed by atoms with van der Waals surface area (Å²) in [6.45, 7) is 23.8. The van der Waals surface area contributed by atoms with Crippen molar-refractivity contribution in [2.75, 3.05) is 0 Å². The van der Waals surface area contributed by atoms with Gasteiger partial charge in [-0.3, -0.25) is 0 Å². The van der Waals surface area contributed by atoms with Gasteiger partial charge < -0.3 is 12.3 Å². The first-order chi connectivity index (χ1) is 21.5. The lowest BCUT2D eigenvalue weighted by molar-refractivity contribution is 0.237. The second kappa shape index (κ2) is 27.6. The fourth-order valence-electron chi connectivity index (χ4n) is 7.17. The van der Waals surface area contributed by atoms with Gasteiger partial charge in [-0.15, -0.1) is 0 Å². The summed E-state index contributed by atoms with van der Waals surface area (Å²) < 4.78 is 24.0. The molecule has 0 rings (SSSR count). The Morgan fingerprint density at radius 2 is 0.511 bits per heavy atom. The lowest BCUT2D eigenvalue weighted by atomic mass is 10.3. The van der Waals surface area contributed by atoms with Gasteiger partial charge in [0.25, 0.3) is 0 Å². The molecule has 0 saturated carbocycles. The van der Waals surface area contributed by atoms with Gasteiger partial charge in [-0.2, -0.15) is 0 Å². The minimum atomic E-state index is -2.91. The SMILES string of the molecule is CCCCC[Si](CCCCC)(CCCCC)O[Si](CCCCC)(O[Si](C)(C)C)O[Si](CCCCC)(CCCCC)CCCCC. The topological polar surface area (TPSA) is 27.7 Å². The smallest absolute Gasteiger partial charge is 0.417 e. The molecule has 0 aliphatic carbocycles. The average molecular weight is 703 g/mol. The van der Waals surface area contributed by atoms with E-state index in [1.807, 2.05) is 0 Å². The maximum atomic E-state index is 8.17. The Bertz CT molecular complexity index is 562. The maximum Gasteiger partial charge on any atom is 0.469 e. The highest BCUT2D eigenvalue weighted by atomic mass is 28.5. The molecule has 45 heavy (non-hydrogen) atoms. The molecule has 0 aromatic rings. The molecule has 7 heteroatoms. The molecule has 0 heterocycles. The van der Waals surface area contributed by atoms with E-state index in [4.69, 9.17) is 12.3 Å². The number of hydrogen-bond donors (Lipinski definition) is 0. The molecular weight excluding hydrogens is 617 g/mol. The zero-order chi connectivity index (χ0) is 33.9. The zero-order valence-electron chi connectivity index (χ0n) is 33.0. The van der Waals surface area contributed by atoms with Gasteiger partial charge in [0.05, 0.1) is 0 Å². The van der Waals surface area contributed by atoms with E-state index in [1.165, 1.54) is 171 Å². The predicted molar refractivity (Wildman–Crippen MR) is 214 cm³/mol. The van der Waals surface area contributed by atoms with Crippen LogP contribution in [0.15, 0.2) is 0 Å². The maximum absolute atomic E-state index is 8.17. The zero-order valence-corrected chi connectivity index (χ0v) is 37.0. The molecule has 0 bridgehead atoms. The second-order valence-corrected chi connectivity index (χ2v) is 31.9. The molecule has 0 atom stereocenters. The van der Waals surface area contributed by atoms with E-state index in [1.54, 1.807) is 0 Å². The van der Waals surface area contributed by atoms with Crippen molar-refractivity contribution in [1.29, 1.82) is 0 Å². The highest BCUT2D eigenvalue weighted by molar-refractivity contribution is 6.91. The lowest BCUT2D eigenvalue weighted by Crippen LogP contribution is -2.63. The fraction of sp³-hybridized carbons (Fsp3) is 1.00. The van der Waals surface area contributed by atoms with Crippen molar-refractivity contribution in [2.24, 2.45) is 0 Å². The molecule has 3 nitrogen and oxygen atoms in total. The third-order valence-corrected chi connectivity index (χ3v) is 27.9. The van der Waals surface area contributed by atoms with Gasteiger partial charge in [0.15, 0.2) is 25.0 Å². The monoisotopic (exact) mass is 703 g/mol. The van der Waals surface area contributed by atoms with Gasteiger partial charge in [0.2, 0.25) is 0 Å². The lowest BCUT2D eigenvalue weighted by Gasteiger charge is -2.48. The van der Waals surface area contributed by atoms with Crippen molar-refractivity contribution in [3.63, 3.8) is 0 Å². The minimum Gasteiger partial charge on any atom is -0.417 e. The van der Waals surface area contributed by atoms with Crippen molar-refractivity contribution in [2.45, 2.75) is 245 Å². The highest BCUT2D eigenvalue weighted by Gasteiger charge is 2.54. The van der Waals surface area contributed by atoms with E-state index in [-0.39, 0.29) is 0 Å². The van der Waals surface area contributed by atoms with Gasteiger partial charge in [0, 0.05) is 6.04 Å². The van der Waals surface area contributed by atoms with Crippen molar-refractivity contribution in [1.82, 2.24) is 0 Å². The first kappa shape index (κ1) is 45.7. The Morgan fingerprint density at radius 3 is 0.711 bits per heavy atom. The number of hydrogen-bond acceptors (Lipinski definition) is 3. The summed E-state index contributed by atoms with van der Waals surface area (Å²) in [5, 5.41) is 0. The standard InChI is InChI=1S/C38H86O3Si4/c1-11-18-25-32-43(33-26-19-12-2,34-27-20-13-3)40-45(38-31-24-17-7,39-42(8,9)10)41-44(35-28-21-14-4,36-29-22-15-5)37-30-23-16-6/h11-38H2,1-10H3. The van der Waals surface area contributed by atoms with Gasteiger partial charge in [-0.05, 0) is 62.3 Å². The van der Waals surface area contributed by atoms with Crippen LogP contribution in [0, 0.1) is 0 Å². The van der Waals surface area contributed by atoms with Crippen LogP contribution in [0.5, 0.6) is 0 Å². The summed E-state index contributed by atoms with van der Waals surface area (Å²) in [6, 6.07) is 9.02. The van der Waals surface area contributed by atoms with Gasteiger partial charge in [0.1, 0.15) is 0 Å². The van der Waals surface area contributed by atoms with E-state index in [0.29, 0.717) is 0 Å². The van der Waals surface area contributed by atoms with Crippen LogP contribution < -0.4 is 0 Å². The summed E-state index contributed by atoms with van der Waals surface area (Å²) in [4.78, 5) is 0. The van der Waals surface area contributed by atoms with E-state index < -0.39 is 33.8 Å². The molecule has 0 unspecified atom stereocenters. The molecule has 0 fully saturated rings. The van der Waals surface area contributed by atoms with Crippen LogP contribution in [0.2, 0.25) is 61.9 Å². The molecule has 272 valence electrons. The average Bonchev–Trinajstić information content (AvgIpc) is 2.97. The Balaban J connectivity index is 7.18.